The summed E-state index contributed by atoms with van der Waals surface area (Å²) in [5.41, 5.74) is 3.95. The van der Waals surface area contributed by atoms with Crippen molar-refractivity contribution in [2.24, 2.45) is 5.10 Å². The number of hydrogen-bond donors (Lipinski definition) is 1. The highest BCUT2D eigenvalue weighted by atomic mass is 79.9. The molecule has 2 aromatic rings. The lowest BCUT2D eigenvalue weighted by molar-refractivity contribution is 0.0955. The normalized spacial score (nSPS) is 11.6. The Morgan fingerprint density at radius 2 is 2.00 bits per heavy atom. The largest absolute Gasteiger partial charge is 0.272 e. The maximum Gasteiger partial charge on any atom is 0.272 e. The molecule has 0 fully saturated rings. The van der Waals surface area contributed by atoms with Crippen molar-refractivity contribution in [3.8, 4) is 0 Å². The number of carbonyl (C=O) groups is 1. The van der Waals surface area contributed by atoms with Crippen LogP contribution in [0.1, 0.15) is 15.9 Å². The van der Waals surface area contributed by atoms with Crippen molar-refractivity contribution in [1.29, 1.82) is 0 Å². The molecular formula is C15H12BrN3O. The van der Waals surface area contributed by atoms with Gasteiger partial charge in [-0.1, -0.05) is 30.3 Å². The summed E-state index contributed by atoms with van der Waals surface area (Å²) in [7, 11) is 0. The van der Waals surface area contributed by atoms with E-state index in [4.69, 9.17) is 0 Å². The Hall–Kier alpha value is -2.27. The monoisotopic (exact) mass is 329 g/mol. The molecule has 1 aromatic heterocycles. The van der Waals surface area contributed by atoms with Gasteiger partial charge in [0.1, 0.15) is 0 Å². The number of nitrogens with one attached hydrogen (secondary N) is 1. The van der Waals surface area contributed by atoms with E-state index >= 15 is 0 Å². The molecule has 0 unspecified atom stereocenters. The van der Waals surface area contributed by atoms with E-state index in [-0.39, 0.29) is 5.91 Å². The average Bonchev–Trinajstić information content (AvgIpc) is 2.49. The fourth-order valence-electron chi connectivity index (χ4n) is 1.46. The van der Waals surface area contributed by atoms with Gasteiger partial charge in [-0.05, 0) is 39.7 Å². The first-order chi connectivity index (χ1) is 9.75. The fraction of sp³-hybridized carbons (Fsp3) is 0. The third-order valence-corrected chi connectivity index (χ3v) is 2.82. The molecule has 4 nitrogen and oxygen atoms in total. The van der Waals surface area contributed by atoms with Gasteiger partial charge in [-0.15, -0.1) is 0 Å². The number of allylic oxidation sites excluding steroid dienone is 1. The Morgan fingerprint density at radius 3 is 2.70 bits per heavy atom. The minimum absolute atomic E-state index is 0.297. The second kappa shape index (κ2) is 7.35. The van der Waals surface area contributed by atoms with Crippen molar-refractivity contribution < 1.29 is 4.79 Å². The molecule has 0 bridgehead atoms. The molecule has 5 heteroatoms. The highest BCUT2D eigenvalue weighted by Crippen LogP contribution is 2.09. The number of pyridine rings is 1. The van der Waals surface area contributed by atoms with Crippen LogP contribution in [0, 0.1) is 0 Å². The summed E-state index contributed by atoms with van der Waals surface area (Å²) in [5, 5.41) is 3.88. The summed E-state index contributed by atoms with van der Waals surface area (Å²) in [6, 6.07) is 13.2. The van der Waals surface area contributed by atoms with E-state index in [9.17, 15) is 4.79 Å². The van der Waals surface area contributed by atoms with Gasteiger partial charge >= 0.3 is 0 Å². The summed E-state index contributed by atoms with van der Waals surface area (Å²) < 4.78 is 0.759. The first kappa shape index (κ1) is 14.1. The van der Waals surface area contributed by atoms with E-state index in [0.717, 1.165) is 10.0 Å². The van der Waals surface area contributed by atoms with Crippen molar-refractivity contribution in [2.75, 3.05) is 0 Å². The summed E-state index contributed by atoms with van der Waals surface area (Å²) in [6.45, 7) is 0. The van der Waals surface area contributed by atoms with E-state index in [2.05, 4.69) is 31.4 Å². The Labute approximate surface area is 125 Å². The molecule has 0 aliphatic rings. The van der Waals surface area contributed by atoms with Crippen molar-refractivity contribution in [3.05, 3.63) is 70.5 Å². The van der Waals surface area contributed by atoms with Gasteiger partial charge < -0.3 is 0 Å². The maximum atomic E-state index is 11.7. The Morgan fingerprint density at radius 1 is 1.20 bits per heavy atom. The first-order valence-corrected chi connectivity index (χ1v) is 6.71. The standard InChI is InChI=1S/C15H12BrN3O/c16-14(9-12-5-2-1-3-6-12)11-18-19-15(20)13-7-4-8-17-10-13/h1-11H,(H,19,20)/b14-9-,18-11-. The van der Waals surface area contributed by atoms with Gasteiger partial charge in [0, 0.05) is 16.9 Å². The molecule has 0 atom stereocenters. The Kier molecular flexibility index (Phi) is 5.20. The number of benzene rings is 1. The lowest BCUT2D eigenvalue weighted by Crippen LogP contribution is -2.17. The number of halogens is 1. The number of nitrogens with zero attached hydrogens (tertiary/aromatic N) is 2. The molecule has 0 aliphatic carbocycles. The van der Waals surface area contributed by atoms with E-state index < -0.39 is 0 Å². The molecule has 1 heterocycles. The average molecular weight is 330 g/mol. The smallest absolute Gasteiger partial charge is 0.267 e. The van der Waals surface area contributed by atoms with Gasteiger partial charge in [-0.25, -0.2) is 5.43 Å². The van der Waals surface area contributed by atoms with Crippen LogP contribution in [-0.4, -0.2) is 17.1 Å². The zero-order valence-electron chi connectivity index (χ0n) is 10.5. The summed E-state index contributed by atoms with van der Waals surface area (Å²) in [5.74, 6) is -0.297. The van der Waals surface area contributed by atoms with Crippen LogP contribution in [-0.2, 0) is 0 Å². The van der Waals surface area contributed by atoms with Gasteiger partial charge in [-0.3, -0.25) is 9.78 Å². The second-order valence-electron chi connectivity index (χ2n) is 3.88. The fourth-order valence-corrected chi connectivity index (χ4v) is 1.83. The van der Waals surface area contributed by atoms with Gasteiger partial charge in [0.2, 0.25) is 0 Å². The molecule has 100 valence electrons. The second-order valence-corrected chi connectivity index (χ2v) is 4.80. The van der Waals surface area contributed by atoms with Crippen molar-refractivity contribution >= 4 is 34.1 Å². The quantitative estimate of drug-likeness (QED) is 0.691. The van der Waals surface area contributed by atoms with Crippen LogP contribution in [0.2, 0.25) is 0 Å². The van der Waals surface area contributed by atoms with Crippen LogP contribution in [0.25, 0.3) is 6.08 Å². The number of hydrazone groups is 1. The molecule has 0 saturated heterocycles. The SMILES string of the molecule is O=C(N/N=C\C(Br)=C\c1ccccc1)c1cccnc1. The molecule has 1 amide bonds. The maximum absolute atomic E-state index is 11.7. The van der Waals surface area contributed by atoms with E-state index in [1.165, 1.54) is 12.4 Å². The van der Waals surface area contributed by atoms with Crippen molar-refractivity contribution in [2.45, 2.75) is 0 Å². The zero-order valence-corrected chi connectivity index (χ0v) is 12.1. The highest BCUT2D eigenvalue weighted by Gasteiger charge is 2.02. The minimum atomic E-state index is -0.297. The predicted molar refractivity (Wildman–Crippen MR) is 83.5 cm³/mol. The van der Waals surface area contributed by atoms with Gasteiger partial charge in [-0.2, -0.15) is 5.10 Å². The number of amides is 1. The summed E-state index contributed by atoms with van der Waals surface area (Å²) >= 11 is 3.37. The molecule has 20 heavy (non-hydrogen) atoms. The van der Waals surface area contributed by atoms with Crippen LogP contribution in [0.5, 0.6) is 0 Å². The Bertz CT molecular complexity index is 624. The predicted octanol–water partition coefficient (Wildman–Crippen LogP) is 3.23. The number of carbonyl (C=O) groups excluding carboxylic acids is 1. The molecule has 1 N–H and O–H groups in total. The lowest BCUT2D eigenvalue weighted by Gasteiger charge is -1.98. The lowest BCUT2D eigenvalue weighted by atomic mass is 10.2. The molecular weight excluding hydrogens is 318 g/mol. The van der Waals surface area contributed by atoms with E-state index in [1.807, 2.05) is 36.4 Å². The van der Waals surface area contributed by atoms with Crippen LogP contribution in [0.3, 0.4) is 0 Å². The van der Waals surface area contributed by atoms with Crippen LogP contribution >= 0.6 is 15.9 Å². The Balaban J connectivity index is 1.94. The van der Waals surface area contributed by atoms with E-state index in [1.54, 1.807) is 18.3 Å². The molecule has 1 aromatic carbocycles. The van der Waals surface area contributed by atoms with Crippen LogP contribution in [0.4, 0.5) is 0 Å². The van der Waals surface area contributed by atoms with Crippen molar-refractivity contribution in [3.63, 3.8) is 0 Å². The number of rotatable bonds is 4. The van der Waals surface area contributed by atoms with Gasteiger partial charge in [0.15, 0.2) is 0 Å². The minimum Gasteiger partial charge on any atom is -0.267 e. The first-order valence-electron chi connectivity index (χ1n) is 5.91. The third-order valence-electron chi connectivity index (χ3n) is 2.38. The molecule has 0 spiro atoms. The topological polar surface area (TPSA) is 54.4 Å². The summed E-state index contributed by atoms with van der Waals surface area (Å²) in [6.07, 6.45) is 6.53. The number of hydrogen-bond acceptors (Lipinski definition) is 3. The highest BCUT2D eigenvalue weighted by molar-refractivity contribution is 9.12. The molecule has 0 radical (unpaired) electrons. The van der Waals surface area contributed by atoms with Gasteiger partial charge in [0.05, 0.1) is 11.8 Å². The van der Waals surface area contributed by atoms with Crippen LogP contribution in [0.15, 0.2) is 64.4 Å². The third kappa shape index (κ3) is 4.44. The summed E-state index contributed by atoms with van der Waals surface area (Å²) in [4.78, 5) is 15.6. The van der Waals surface area contributed by atoms with Crippen molar-refractivity contribution in [1.82, 2.24) is 10.4 Å². The molecule has 0 saturated carbocycles. The number of aromatic nitrogens is 1. The zero-order chi connectivity index (χ0) is 14.2. The molecule has 2 rings (SSSR count). The van der Waals surface area contributed by atoms with Crippen LogP contribution < -0.4 is 5.43 Å². The van der Waals surface area contributed by atoms with Gasteiger partial charge in [0.25, 0.3) is 5.91 Å². The van der Waals surface area contributed by atoms with E-state index in [0.29, 0.717) is 5.56 Å². The molecule has 0 aliphatic heterocycles.